The molecule has 0 aliphatic carbocycles. The zero-order chi connectivity index (χ0) is 15.0. The number of nitrogens with two attached hydrogens (primary N) is 1. The van der Waals surface area contributed by atoms with Gasteiger partial charge in [0.1, 0.15) is 12.4 Å². The standard InChI is InChI=1S/C13H20FN3O.C2H6/c1-18-13-10-11(2-3-12(13)15)17-8-6-16(5-4-14)7-9-17;1-2/h2-3,10H,4-9,15H2,1H3;1-2H3. The first-order valence-corrected chi connectivity index (χ1v) is 7.21. The molecule has 1 aliphatic rings. The van der Waals surface area contributed by atoms with Crippen LogP contribution in [0.2, 0.25) is 0 Å². The van der Waals surface area contributed by atoms with Crippen molar-refractivity contribution < 1.29 is 9.13 Å². The van der Waals surface area contributed by atoms with Crippen LogP contribution in [0.15, 0.2) is 18.2 Å². The number of methoxy groups -OCH3 is 1. The fraction of sp³-hybridized carbons (Fsp3) is 0.600. The maximum Gasteiger partial charge on any atom is 0.143 e. The molecule has 0 bridgehead atoms. The smallest absolute Gasteiger partial charge is 0.143 e. The predicted octanol–water partition coefficient (Wildman–Crippen LogP) is 2.40. The average Bonchev–Trinajstić information content (AvgIpc) is 2.51. The summed E-state index contributed by atoms with van der Waals surface area (Å²) in [5.41, 5.74) is 7.56. The van der Waals surface area contributed by atoms with Gasteiger partial charge in [0.2, 0.25) is 0 Å². The Morgan fingerprint density at radius 2 is 1.85 bits per heavy atom. The second-order valence-corrected chi connectivity index (χ2v) is 4.44. The van der Waals surface area contributed by atoms with E-state index in [9.17, 15) is 4.39 Å². The van der Waals surface area contributed by atoms with E-state index in [4.69, 9.17) is 10.5 Å². The van der Waals surface area contributed by atoms with Crippen molar-refractivity contribution in [3.63, 3.8) is 0 Å². The summed E-state index contributed by atoms with van der Waals surface area (Å²) in [7, 11) is 1.62. The summed E-state index contributed by atoms with van der Waals surface area (Å²) >= 11 is 0. The van der Waals surface area contributed by atoms with Gasteiger partial charge in [-0.25, -0.2) is 4.39 Å². The van der Waals surface area contributed by atoms with Gasteiger partial charge >= 0.3 is 0 Å². The highest BCUT2D eigenvalue weighted by Gasteiger charge is 2.17. The number of anilines is 2. The van der Waals surface area contributed by atoms with E-state index in [-0.39, 0.29) is 6.67 Å². The highest BCUT2D eigenvalue weighted by atomic mass is 19.1. The Balaban J connectivity index is 0.000000956. The predicted molar refractivity (Wildman–Crippen MR) is 83.4 cm³/mol. The average molecular weight is 283 g/mol. The van der Waals surface area contributed by atoms with E-state index in [1.807, 2.05) is 32.0 Å². The lowest BCUT2D eigenvalue weighted by atomic mass is 10.2. The van der Waals surface area contributed by atoms with Gasteiger partial charge in [0.05, 0.1) is 12.8 Å². The summed E-state index contributed by atoms with van der Waals surface area (Å²) in [6, 6.07) is 5.82. The summed E-state index contributed by atoms with van der Waals surface area (Å²) < 4.78 is 17.5. The molecule has 0 radical (unpaired) electrons. The van der Waals surface area contributed by atoms with Gasteiger partial charge in [-0.3, -0.25) is 4.90 Å². The van der Waals surface area contributed by atoms with Crippen LogP contribution in [-0.4, -0.2) is 51.4 Å². The molecule has 1 heterocycles. The molecule has 5 heteroatoms. The lowest BCUT2D eigenvalue weighted by molar-refractivity contribution is 0.235. The number of rotatable bonds is 4. The van der Waals surface area contributed by atoms with Crippen molar-refractivity contribution in [2.75, 3.05) is 57.1 Å². The highest BCUT2D eigenvalue weighted by molar-refractivity contribution is 5.62. The quantitative estimate of drug-likeness (QED) is 0.862. The molecule has 0 unspecified atom stereocenters. The molecule has 0 spiro atoms. The molecule has 1 aliphatic heterocycles. The molecular formula is C15H26FN3O. The van der Waals surface area contributed by atoms with Crippen LogP contribution in [0.3, 0.4) is 0 Å². The minimum atomic E-state index is -0.268. The molecule has 114 valence electrons. The van der Waals surface area contributed by atoms with E-state index in [2.05, 4.69) is 9.80 Å². The van der Waals surface area contributed by atoms with Crippen molar-refractivity contribution >= 4 is 11.4 Å². The Labute approximate surface area is 121 Å². The zero-order valence-corrected chi connectivity index (χ0v) is 12.7. The summed E-state index contributed by atoms with van der Waals surface area (Å²) in [5.74, 6) is 0.707. The number of hydrogen-bond acceptors (Lipinski definition) is 4. The summed E-state index contributed by atoms with van der Waals surface area (Å²) in [6.45, 7) is 7.89. The Hall–Kier alpha value is -1.49. The molecule has 2 N–H and O–H groups in total. The van der Waals surface area contributed by atoms with Gasteiger partial charge in [-0.15, -0.1) is 0 Å². The number of alkyl halides is 1. The van der Waals surface area contributed by atoms with Crippen LogP contribution in [0.25, 0.3) is 0 Å². The van der Waals surface area contributed by atoms with Gasteiger partial charge < -0.3 is 15.4 Å². The maximum atomic E-state index is 12.3. The molecule has 0 aromatic heterocycles. The van der Waals surface area contributed by atoms with Crippen LogP contribution < -0.4 is 15.4 Å². The van der Waals surface area contributed by atoms with Crippen molar-refractivity contribution in [3.8, 4) is 5.75 Å². The van der Waals surface area contributed by atoms with Gasteiger partial charge in [-0.2, -0.15) is 0 Å². The molecule has 4 nitrogen and oxygen atoms in total. The van der Waals surface area contributed by atoms with Gasteiger partial charge in [-0.1, -0.05) is 13.8 Å². The first kappa shape index (κ1) is 16.6. The lowest BCUT2D eigenvalue weighted by Gasteiger charge is -2.35. The van der Waals surface area contributed by atoms with Crippen LogP contribution in [0, 0.1) is 0 Å². The fourth-order valence-corrected chi connectivity index (χ4v) is 2.25. The van der Waals surface area contributed by atoms with Gasteiger partial charge in [-0.05, 0) is 12.1 Å². The Bertz CT molecular complexity index is 393. The number of piperazine rings is 1. The van der Waals surface area contributed by atoms with E-state index in [0.29, 0.717) is 18.0 Å². The van der Waals surface area contributed by atoms with E-state index < -0.39 is 0 Å². The van der Waals surface area contributed by atoms with Crippen LogP contribution in [-0.2, 0) is 0 Å². The normalized spacial score (nSPS) is 15.5. The van der Waals surface area contributed by atoms with E-state index in [1.165, 1.54) is 0 Å². The molecule has 0 amide bonds. The zero-order valence-electron chi connectivity index (χ0n) is 12.7. The number of ether oxygens (including phenoxy) is 1. The van der Waals surface area contributed by atoms with Crippen LogP contribution in [0.1, 0.15) is 13.8 Å². The minimum Gasteiger partial charge on any atom is -0.495 e. The molecule has 0 atom stereocenters. The Kier molecular flexibility index (Phi) is 7.15. The van der Waals surface area contributed by atoms with Crippen molar-refractivity contribution in [2.24, 2.45) is 0 Å². The summed E-state index contributed by atoms with van der Waals surface area (Å²) in [6.07, 6.45) is 0. The van der Waals surface area contributed by atoms with E-state index in [1.54, 1.807) is 7.11 Å². The molecule has 1 aromatic rings. The summed E-state index contributed by atoms with van der Waals surface area (Å²) in [4.78, 5) is 4.42. The first-order valence-electron chi connectivity index (χ1n) is 7.21. The number of nitrogen functional groups attached to an aromatic ring is 1. The van der Waals surface area contributed by atoms with Crippen LogP contribution in [0.5, 0.6) is 5.75 Å². The number of halogens is 1. The monoisotopic (exact) mass is 283 g/mol. The minimum absolute atomic E-state index is 0.268. The van der Waals surface area contributed by atoms with Crippen molar-refractivity contribution in [1.29, 1.82) is 0 Å². The number of nitrogens with zero attached hydrogens (tertiary/aromatic N) is 2. The maximum absolute atomic E-state index is 12.3. The second-order valence-electron chi connectivity index (χ2n) is 4.44. The Morgan fingerprint density at radius 1 is 1.20 bits per heavy atom. The SMILES string of the molecule is CC.COc1cc(N2CCN(CCF)CC2)ccc1N. The number of hydrogen-bond donors (Lipinski definition) is 1. The fourth-order valence-electron chi connectivity index (χ4n) is 2.25. The topological polar surface area (TPSA) is 41.7 Å². The molecular weight excluding hydrogens is 257 g/mol. The van der Waals surface area contributed by atoms with E-state index in [0.717, 1.165) is 31.9 Å². The second kappa shape index (κ2) is 8.64. The lowest BCUT2D eigenvalue weighted by Crippen LogP contribution is -2.47. The third-order valence-electron chi connectivity index (χ3n) is 3.36. The van der Waals surface area contributed by atoms with Gasteiger partial charge in [0, 0.05) is 44.5 Å². The van der Waals surface area contributed by atoms with E-state index >= 15 is 0 Å². The van der Waals surface area contributed by atoms with Crippen LogP contribution >= 0.6 is 0 Å². The molecule has 2 rings (SSSR count). The molecule has 0 saturated carbocycles. The molecule has 20 heavy (non-hydrogen) atoms. The largest absolute Gasteiger partial charge is 0.495 e. The van der Waals surface area contributed by atoms with Crippen molar-refractivity contribution in [3.05, 3.63) is 18.2 Å². The summed E-state index contributed by atoms with van der Waals surface area (Å²) in [5, 5.41) is 0. The third-order valence-corrected chi connectivity index (χ3v) is 3.36. The first-order chi connectivity index (χ1) is 9.74. The molecule has 1 saturated heterocycles. The van der Waals surface area contributed by atoms with Crippen molar-refractivity contribution in [1.82, 2.24) is 4.90 Å². The third kappa shape index (κ3) is 4.27. The van der Waals surface area contributed by atoms with Crippen LogP contribution in [0.4, 0.5) is 15.8 Å². The van der Waals surface area contributed by atoms with Gasteiger partial charge in [0.15, 0.2) is 0 Å². The number of benzene rings is 1. The Morgan fingerprint density at radius 3 is 2.40 bits per heavy atom. The molecule has 1 fully saturated rings. The molecule has 1 aromatic carbocycles. The van der Waals surface area contributed by atoms with Gasteiger partial charge in [0.25, 0.3) is 0 Å². The van der Waals surface area contributed by atoms with Crippen molar-refractivity contribution in [2.45, 2.75) is 13.8 Å². The highest BCUT2D eigenvalue weighted by Crippen LogP contribution is 2.27.